The highest BCUT2D eigenvalue weighted by molar-refractivity contribution is 6.35. The van der Waals surface area contributed by atoms with Crippen LogP contribution in [0.15, 0.2) is 60.2 Å². The molecule has 8 amide bonds. The molecule has 0 aliphatic carbocycles. The van der Waals surface area contributed by atoms with Crippen LogP contribution in [0.2, 0.25) is 5.02 Å². The lowest BCUT2D eigenvalue weighted by Crippen LogP contribution is -2.65. The molecule has 2 fully saturated rings. The summed E-state index contributed by atoms with van der Waals surface area (Å²) < 4.78 is 35.3. The first-order valence-corrected chi connectivity index (χ1v) is 30.2. The van der Waals surface area contributed by atoms with Gasteiger partial charge in [0, 0.05) is 78.6 Å². The Labute approximate surface area is 525 Å². The van der Waals surface area contributed by atoms with E-state index < -0.39 is 114 Å². The molecule has 27 heteroatoms. The van der Waals surface area contributed by atoms with Crippen LogP contribution in [0.25, 0.3) is 0 Å². The van der Waals surface area contributed by atoms with Crippen molar-refractivity contribution in [3.05, 3.63) is 76.3 Å². The van der Waals surface area contributed by atoms with E-state index in [1.807, 2.05) is 13.0 Å². The number of amides is 8. The Morgan fingerprint density at radius 3 is 2.30 bits per heavy atom. The van der Waals surface area contributed by atoms with Gasteiger partial charge in [-0.15, -0.1) is 0 Å². The maximum absolute atomic E-state index is 14.4. The normalized spacial score (nSPS) is 24.7. The van der Waals surface area contributed by atoms with Gasteiger partial charge in [-0.2, -0.15) is 0 Å². The van der Waals surface area contributed by atoms with Crippen LogP contribution in [-0.4, -0.2) is 182 Å². The summed E-state index contributed by atoms with van der Waals surface area (Å²) in [5.41, 5.74) is 4.95. The van der Waals surface area contributed by atoms with Crippen LogP contribution in [-0.2, 0) is 70.3 Å². The fourth-order valence-corrected chi connectivity index (χ4v) is 10.8. The number of benzene rings is 2. The largest absolute Gasteiger partial charge is 0.495 e. The lowest BCUT2D eigenvalue weighted by atomic mass is 9.83. The number of carbonyl (C=O) groups is 9. The van der Waals surface area contributed by atoms with Gasteiger partial charge in [0.2, 0.25) is 35.9 Å². The summed E-state index contributed by atoms with van der Waals surface area (Å²) >= 11 is 6.84. The summed E-state index contributed by atoms with van der Waals surface area (Å²) in [6.45, 7) is 11.6. The van der Waals surface area contributed by atoms with Gasteiger partial charge in [0.15, 0.2) is 5.72 Å². The monoisotopic (exact) mass is 1270 g/mol. The number of aliphatic hydroxyl groups excluding tert-OH is 1. The highest BCUT2D eigenvalue weighted by atomic mass is 35.5. The molecule has 0 aromatic heterocycles. The number of esters is 1. The van der Waals surface area contributed by atoms with Gasteiger partial charge in [0.1, 0.15) is 59.1 Å². The van der Waals surface area contributed by atoms with E-state index in [1.165, 1.54) is 59.0 Å². The number of ketones is 1. The number of aliphatic hydroxyl groups is 2. The number of carbonyl (C=O) groups excluding carboxylic acids is 9. The maximum Gasteiger partial charge on any atom is 0.409 e. The van der Waals surface area contributed by atoms with Gasteiger partial charge in [0.05, 0.1) is 31.4 Å². The molecule has 4 bridgehead atoms. The zero-order valence-electron chi connectivity index (χ0n) is 53.0. The SMILES string of the molecule is COc1cc2cc(c1Cl)N(C)C(=O)C[C@H](OC(=O)[C@H](C)N(C)C(=O)CCN(C)C(=O)OCc1ccc(NC(=O)[C@H](CCCNC(N)=O)NC(=O)[C@@H](NC(=O)CCCCC(C)=O)C(C)C)cc1)[C@]1(C)O[C@H]1[C@H](C)[C@@H]1C[C@@](O)(NC(O)O1)[C@H](OC)/C=C/C=C(\C)C2. The van der Waals surface area contributed by atoms with Gasteiger partial charge < -0.3 is 85.1 Å². The molecule has 2 saturated heterocycles. The Hall–Kier alpha value is -7.20. The molecule has 9 N–H and O–H groups in total. The zero-order chi connectivity index (χ0) is 66.1. The quantitative estimate of drug-likeness (QED) is 0.0386. The number of anilines is 2. The van der Waals surface area contributed by atoms with Crippen molar-refractivity contribution in [1.29, 1.82) is 0 Å². The second-order valence-electron chi connectivity index (χ2n) is 23.6. The summed E-state index contributed by atoms with van der Waals surface area (Å²) in [5.74, 6) is -4.01. The fraction of sp³-hybridized carbons (Fsp3) is 0.597. The Morgan fingerprint density at radius 2 is 1.66 bits per heavy atom. The van der Waals surface area contributed by atoms with Gasteiger partial charge >= 0.3 is 18.1 Å². The number of likely N-dealkylation sites (N-methyl/N-ethyl adjacent to an activating group) is 1. The predicted octanol–water partition coefficient (Wildman–Crippen LogP) is 4.49. The summed E-state index contributed by atoms with van der Waals surface area (Å²) in [7, 11) is 7.26. The molecule has 3 aliphatic heterocycles. The molecule has 0 radical (unpaired) electrons. The summed E-state index contributed by atoms with van der Waals surface area (Å²) in [4.78, 5) is 122. The number of unbranched alkanes of at least 4 members (excludes halogenated alkanes) is 1. The summed E-state index contributed by atoms with van der Waals surface area (Å²) in [5, 5.41) is 36.4. The number of urea groups is 1. The van der Waals surface area contributed by atoms with E-state index in [4.69, 9.17) is 45.8 Å². The molecular formula is C62H90ClN9O17. The molecule has 0 saturated carbocycles. The van der Waals surface area contributed by atoms with Crippen LogP contribution in [0.3, 0.4) is 0 Å². The smallest absolute Gasteiger partial charge is 0.409 e. The molecule has 11 atom stereocenters. The fourth-order valence-electron chi connectivity index (χ4n) is 10.5. The van der Waals surface area contributed by atoms with Gasteiger partial charge in [0.25, 0.3) is 0 Å². The summed E-state index contributed by atoms with van der Waals surface area (Å²) in [6, 6.07) is 5.87. The first-order chi connectivity index (χ1) is 41.9. The number of Topliss-reactive ketones (excluding diaryl/α,β-unsaturated/α-hetero) is 1. The number of primary amides is 1. The minimum absolute atomic E-state index is 0.0189. The minimum Gasteiger partial charge on any atom is -0.495 e. The van der Waals surface area contributed by atoms with Crippen LogP contribution >= 0.6 is 11.6 Å². The van der Waals surface area contributed by atoms with Crippen molar-refractivity contribution < 1.29 is 81.8 Å². The van der Waals surface area contributed by atoms with Crippen molar-refractivity contribution in [2.45, 2.75) is 180 Å². The molecule has 3 aliphatic rings. The molecule has 2 aromatic rings. The number of methoxy groups -OCH3 is 2. The Morgan fingerprint density at radius 1 is 0.978 bits per heavy atom. The number of nitrogens with zero attached hydrogens (tertiary/aromatic N) is 3. The van der Waals surface area contributed by atoms with Crippen LogP contribution in [0.5, 0.6) is 5.75 Å². The molecule has 3 heterocycles. The molecule has 5 rings (SSSR count). The minimum atomic E-state index is -1.81. The second kappa shape index (κ2) is 33.0. The van der Waals surface area contributed by atoms with Crippen molar-refractivity contribution in [2.24, 2.45) is 17.6 Å². The van der Waals surface area contributed by atoms with Gasteiger partial charge in [-0.3, -0.25) is 24.0 Å². The third-order valence-electron chi connectivity index (χ3n) is 16.2. The van der Waals surface area contributed by atoms with Crippen LogP contribution in [0, 0.1) is 11.8 Å². The van der Waals surface area contributed by atoms with Crippen molar-refractivity contribution in [3.8, 4) is 5.75 Å². The van der Waals surface area contributed by atoms with Crippen molar-refractivity contribution >= 4 is 76.4 Å². The van der Waals surface area contributed by atoms with E-state index >= 15 is 0 Å². The summed E-state index contributed by atoms with van der Waals surface area (Å²) in [6.07, 6.45) is 0.639. The number of allylic oxidation sites excluding steroid dienone is 3. The number of hydrogen-bond acceptors (Lipinski definition) is 18. The molecule has 0 spiro atoms. The first-order valence-electron chi connectivity index (χ1n) is 29.8. The highest BCUT2D eigenvalue weighted by Crippen LogP contribution is 2.49. The Kier molecular flexibility index (Phi) is 26.9. The first kappa shape index (κ1) is 72.5. The number of epoxide rings is 1. The van der Waals surface area contributed by atoms with Crippen LogP contribution in [0.4, 0.5) is 21.0 Å². The number of halogens is 1. The van der Waals surface area contributed by atoms with Crippen molar-refractivity contribution in [3.63, 3.8) is 0 Å². The van der Waals surface area contributed by atoms with Crippen LogP contribution in [0.1, 0.15) is 117 Å². The average molecular weight is 1270 g/mol. The lowest BCUT2D eigenvalue weighted by molar-refractivity contribution is -0.271. The van der Waals surface area contributed by atoms with Gasteiger partial charge in [-0.05, 0) is 101 Å². The lowest BCUT2D eigenvalue weighted by Gasteiger charge is -2.44. The Bertz CT molecular complexity index is 2910. The number of fused-ring (bicyclic) bond motifs is 5. The highest BCUT2D eigenvalue weighted by Gasteiger charge is 2.64. The number of hydrogen-bond donors (Lipinski definition) is 8. The van der Waals surface area contributed by atoms with Crippen molar-refractivity contribution in [2.75, 3.05) is 58.7 Å². The molecule has 492 valence electrons. The standard InChI is InChI=1S/C62H90ClN9O17/c1-35(2)53(68-49(74)21-14-13-18-37(4)73)56(78)67-43(19-16-27-65-58(64)80)55(77)66-42-24-22-40(23-25-42)34-86-60(82)70(8)28-26-50(75)71(9)39(6)57(79)88-48-32-51(76)72(10)44-30-41(31-45(84-11)52(44)63)29-36(3)17-15-20-47(85-12)62(83)33-46(87-59(81)69-62)38(5)54-61(48,7)89-54/h15,17,20,22-25,30-31,35,38-39,43,46-48,53-54,59,69,81,83H,13-14,16,18-19,21,26-29,32-34H2,1-12H3,(H,66,77)(H,67,78)(H,68,74)(H3,64,65,80)/b20-15+,36-17+/t38-,39+,43+,46+,47-,48+,53+,54+,59?,61+,62+/m1/s1. The van der Waals surface area contributed by atoms with Gasteiger partial charge in [-0.1, -0.05) is 68.3 Å². The number of nitrogens with one attached hydrogen (secondary N) is 5. The van der Waals surface area contributed by atoms with Gasteiger partial charge in [-0.25, -0.2) is 19.7 Å². The number of ether oxygens (including phenoxy) is 6. The zero-order valence-corrected chi connectivity index (χ0v) is 53.7. The molecule has 89 heavy (non-hydrogen) atoms. The Balaban J connectivity index is 1.21. The molecular weight excluding hydrogens is 1180 g/mol. The molecule has 1 unspecified atom stereocenters. The second-order valence-corrected chi connectivity index (χ2v) is 24.0. The topological polar surface area (TPSA) is 349 Å². The number of rotatable bonds is 25. The third kappa shape index (κ3) is 20.7. The van der Waals surface area contributed by atoms with E-state index in [-0.39, 0.29) is 74.4 Å². The van der Waals surface area contributed by atoms with E-state index in [9.17, 15) is 53.4 Å². The average Bonchev–Trinajstić information content (AvgIpc) is 1.61. The predicted molar refractivity (Wildman–Crippen MR) is 329 cm³/mol. The van der Waals surface area contributed by atoms with E-state index in [0.29, 0.717) is 48.4 Å². The van der Waals surface area contributed by atoms with Crippen molar-refractivity contribution in [1.82, 2.24) is 31.1 Å². The van der Waals surface area contributed by atoms with E-state index in [0.717, 1.165) is 16.0 Å². The van der Waals surface area contributed by atoms with Crippen LogP contribution < -0.4 is 42.0 Å². The molecule has 26 nitrogen and oxygen atoms in total. The number of nitrogens with two attached hydrogens (primary N) is 1. The third-order valence-corrected chi connectivity index (χ3v) is 16.6. The maximum atomic E-state index is 14.4. The van der Waals surface area contributed by atoms with E-state index in [2.05, 4.69) is 26.6 Å². The van der Waals surface area contributed by atoms with E-state index in [1.54, 1.807) is 76.2 Å². The molecule has 2 aromatic carbocycles.